The van der Waals surface area contributed by atoms with Gasteiger partial charge < -0.3 is 24.0 Å². The van der Waals surface area contributed by atoms with Crippen molar-refractivity contribution in [3.05, 3.63) is 23.8 Å². The lowest BCUT2D eigenvalue weighted by Crippen LogP contribution is -2.52. The molecule has 1 atom stereocenters. The molecule has 1 fully saturated rings. The van der Waals surface area contributed by atoms with Crippen LogP contribution in [0.1, 0.15) is 24.2 Å². The molecular weight excluding hydrogens is 328 g/mol. The third kappa shape index (κ3) is 3.67. The molecule has 0 bridgehead atoms. The van der Waals surface area contributed by atoms with Crippen molar-refractivity contribution in [1.82, 2.24) is 9.80 Å². The van der Waals surface area contributed by atoms with E-state index in [1.54, 1.807) is 28.9 Å². The molecule has 2 amide bonds. The van der Waals surface area contributed by atoms with Crippen LogP contribution in [0.5, 0.6) is 11.5 Å². The van der Waals surface area contributed by atoms with Gasteiger partial charge >= 0.3 is 5.97 Å². The van der Waals surface area contributed by atoms with Gasteiger partial charge in [-0.15, -0.1) is 0 Å². The van der Waals surface area contributed by atoms with Gasteiger partial charge in [-0.1, -0.05) is 0 Å². The van der Waals surface area contributed by atoms with Crippen molar-refractivity contribution in [3.8, 4) is 11.5 Å². The lowest BCUT2D eigenvalue weighted by Gasteiger charge is -2.35. The minimum Gasteiger partial charge on any atom is -0.454 e. The third-order valence-corrected chi connectivity index (χ3v) is 4.28. The number of fused-ring (bicyclic) bond motifs is 1. The van der Waals surface area contributed by atoms with Gasteiger partial charge in [-0.05, 0) is 25.1 Å². The normalized spacial score (nSPS) is 17.2. The first-order chi connectivity index (χ1) is 12.0. The van der Waals surface area contributed by atoms with E-state index in [4.69, 9.17) is 14.2 Å². The summed E-state index contributed by atoms with van der Waals surface area (Å²) in [5.41, 5.74) is 0.297. The second kappa shape index (κ2) is 7.00. The first kappa shape index (κ1) is 17.1. The van der Waals surface area contributed by atoms with Crippen molar-refractivity contribution in [1.29, 1.82) is 0 Å². The molecule has 8 heteroatoms. The SMILES string of the molecule is CC(=O)N1CCN(C(=O)C(C)OC(=O)c2ccc3c(c2)OCO3)CC1. The van der Waals surface area contributed by atoms with Crippen molar-refractivity contribution < 1.29 is 28.6 Å². The Kier molecular flexibility index (Phi) is 4.78. The molecule has 0 aliphatic carbocycles. The molecule has 0 N–H and O–H groups in total. The molecule has 2 aliphatic rings. The van der Waals surface area contributed by atoms with Gasteiger partial charge in [-0.2, -0.15) is 0 Å². The van der Waals surface area contributed by atoms with Gasteiger partial charge in [0.15, 0.2) is 17.6 Å². The van der Waals surface area contributed by atoms with E-state index in [0.717, 1.165) is 0 Å². The molecule has 1 aromatic carbocycles. The number of ether oxygens (including phenoxy) is 3. The second-order valence-corrected chi connectivity index (χ2v) is 5.95. The average molecular weight is 348 g/mol. The van der Waals surface area contributed by atoms with Crippen molar-refractivity contribution >= 4 is 17.8 Å². The monoisotopic (exact) mass is 348 g/mol. The maximum absolute atomic E-state index is 12.4. The molecule has 0 aromatic heterocycles. The first-order valence-electron chi connectivity index (χ1n) is 8.10. The summed E-state index contributed by atoms with van der Waals surface area (Å²) >= 11 is 0. The van der Waals surface area contributed by atoms with Gasteiger partial charge in [0.05, 0.1) is 5.56 Å². The van der Waals surface area contributed by atoms with Gasteiger partial charge in [-0.25, -0.2) is 4.79 Å². The zero-order valence-electron chi connectivity index (χ0n) is 14.2. The maximum Gasteiger partial charge on any atom is 0.339 e. The van der Waals surface area contributed by atoms with Crippen LogP contribution < -0.4 is 9.47 Å². The minimum atomic E-state index is -0.901. The van der Waals surface area contributed by atoms with Gasteiger partial charge in [0.2, 0.25) is 12.7 Å². The molecular formula is C17H20N2O6. The topological polar surface area (TPSA) is 85.4 Å². The molecule has 0 saturated carbocycles. The van der Waals surface area contributed by atoms with E-state index in [9.17, 15) is 14.4 Å². The van der Waals surface area contributed by atoms with E-state index in [2.05, 4.69) is 0 Å². The fourth-order valence-corrected chi connectivity index (χ4v) is 2.80. The van der Waals surface area contributed by atoms with Crippen molar-refractivity contribution in [3.63, 3.8) is 0 Å². The number of carbonyl (C=O) groups is 3. The first-order valence-corrected chi connectivity index (χ1v) is 8.10. The summed E-state index contributed by atoms with van der Waals surface area (Å²) in [4.78, 5) is 39.3. The second-order valence-electron chi connectivity index (χ2n) is 5.95. The number of carbonyl (C=O) groups excluding carboxylic acids is 3. The largest absolute Gasteiger partial charge is 0.454 e. The molecule has 134 valence electrons. The lowest BCUT2D eigenvalue weighted by molar-refractivity contribution is -0.144. The Labute approximate surface area is 145 Å². The van der Waals surface area contributed by atoms with E-state index >= 15 is 0 Å². The number of esters is 1. The molecule has 0 spiro atoms. The van der Waals surface area contributed by atoms with E-state index < -0.39 is 12.1 Å². The van der Waals surface area contributed by atoms with Crippen LogP contribution >= 0.6 is 0 Å². The van der Waals surface area contributed by atoms with Crippen LogP contribution in [0.3, 0.4) is 0 Å². The summed E-state index contributed by atoms with van der Waals surface area (Å²) < 4.78 is 15.7. The molecule has 0 radical (unpaired) electrons. The van der Waals surface area contributed by atoms with Crippen LogP contribution in [0.15, 0.2) is 18.2 Å². The fraction of sp³-hybridized carbons (Fsp3) is 0.471. The van der Waals surface area contributed by atoms with Crippen molar-refractivity contribution in [2.75, 3.05) is 33.0 Å². The predicted molar refractivity (Wildman–Crippen MR) is 86.3 cm³/mol. The van der Waals surface area contributed by atoms with Crippen LogP contribution in [0, 0.1) is 0 Å². The number of amides is 2. The molecule has 2 heterocycles. The highest BCUT2D eigenvalue weighted by molar-refractivity contribution is 5.93. The van der Waals surface area contributed by atoms with Crippen LogP contribution in [0.25, 0.3) is 0 Å². The Balaban J connectivity index is 1.56. The fourth-order valence-electron chi connectivity index (χ4n) is 2.80. The van der Waals surface area contributed by atoms with Crippen LogP contribution in [-0.4, -0.2) is 66.7 Å². The van der Waals surface area contributed by atoms with Crippen molar-refractivity contribution in [2.45, 2.75) is 20.0 Å². The Morgan fingerprint density at radius 3 is 2.36 bits per heavy atom. The van der Waals surface area contributed by atoms with Crippen LogP contribution in [-0.2, 0) is 14.3 Å². The van der Waals surface area contributed by atoms with E-state index in [1.165, 1.54) is 13.0 Å². The van der Waals surface area contributed by atoms with Crippen LogP contribution in [0.4, 0.5) is 0 Å². The quantitative estimate of drug-likeness (QED) is 0.746. The molecule has 3 rings (SSSR count). The molecule has 25 heavy (non-hydrogen) atoms. The zero-order chi connectivity index (χ0) is 18.0. The number of hydrogen-bond acceptors (Lipinski definition) is 6. The highest BCUT2D eigenvalue weighted by Crippen LogP contribution is 2.32. The maximum atomic E-state index is 12.4. The van der Waals surface area contributed by atoms with E-state index in [-0.39, 0.29) is 18.6 Å². The van der Waals surface area contributed by atoms with Crippen LogP contribution in [0.2, 0.25) is 0 Å². The summed E-state index contributed by atoms with van der Waals surface area (Å²) in [6, 6.07) is 4.73. The Bertz CT molecular complexity index is 696. The number of benzene rings is 1. The Morgan fingerprint density at radius 2 is 1.68 bits per heavy atom. The van der Waals surface area contributed by atoms with Gasteiger partial charge in [0.25, 0.3) is 5.91 Å². The lowest BCUT2D eigenvalue weighted by atomic mass is 10.2. The number of hydrogen-bond donors (Lipinski definition) is 0. The molecule has 2 aliphatic heterocycles. The van der Waals surface area contributed by atoms with Crippen molar-refractivity contribution in [2.24, 2.45) is 0 Å². The summed E-state index contributed by atoms with van der Waals surface area (Å²) in [5.74, 6) is 0.186. The average Bonchev–Trinajstić information content (AvgIpc) is 3.08. The van der Waals surface area contributed by atoms with Gasteiger partial charge in [-0.3, -0.25) is 9.59 Å². The van der Waals surface area contributed by atoms with Gasteiger partial charge in [0.1, 0.15) is 0 Å². The molecule has 1 saturated heterocycles. The molecule has 8 nitrogen and oxygen atoms in total. The summed E-state index contributed by atoms with van der Waals surface area (Å²) in [5, 5.41) is 0. The third-order valence-electron chi connectivity index (χ3n) is 4.28. The highest BCUT2D eigenvalue weighted by atomic mass is 16.7. The minimum absolute atomic E-state index is 0.00520. The summed E-state index contributed by atoms with van der Waals surface area (Å²) in [6.07, 6.45) is -0.901. The molecule has 1 aromatic rings. The standard InChI is InChI=1S/C17H20N2O6/c1-11(16(21)19-7-5-18(6-8-19)12(2)20)25-17(22)13-3-4-14-15(9-13)24-10-23-14/h3-4,9,11H,5-8,10H2,1-2H3. The smallest absolute Gasteiger partial charge is 0.339 e. The predicted octanol–water partition coefficient (Wildman–Crippen LogP) is 0.651. The van der Waals surface area contributed by atoms with E-state index in [0.29, 0.717) is 43.2 Å². The number of rotatable bonds is 3. The van der Waals surface area contributed by atoms with E-state index in [1.807, 2.05) is 0 Å². The zero-order valence-corrected chi connectivity index (χ0v) is 14.2. The Morgan fingerprint density at radius 1 is 1.04 bits per heavy atom. The summed E-state index contributed by atoms with van der Waals surface area (Å²) in [6.45, 7) is 5.02. The summed E-state index contributed by atoms with van der Waals surface area (Å²) in [7, 11) is 0. The highest BCUT2D eigenvalue weighted by Gasteiger charge is 2.28. The van der Waals surface area contributed by atoms with Gasteiger partial charge in [0, 0.05) is 33.1 Å². The molecule has 1 unspecified atom stereocenters. The number of piperazine rings is 1. The Hall–Kier alpha value is -2.77. The number of nitrogens with zero attached hydrogens (tertiary/aromatic N) is 2.